The molecule has 1 aliphatic heterocycles. The van der Waals surface area contributed by atoms with Gasteiger partial charge < -0.3 is 4.74 Å². The highest BCUT2D eigenvalue weighted by molar-refractivity contribution is 9.10. The number of aryl methyl sites for hydroxylation is 2. The zero-order chi connectivity index (χ0) is 20.3. The molecule has 0 radical (unpaired) electrons. The van der Waals surface area contributed by atoms with Gasteiger partial charge in [-0.25, -0.2) is 0 Å². The first-order valence-electron chi connectivity index (χ1n) is 8.35. The number of hydrogen-bond acceptors (Lipinski definition) is 4. The third kappa shape index (κ3) is 5.29. The third-order valence-corrected chi connectivity index (χ3v) is 5.52. The van der Waals surface area contributed by atoms with E-state index in [-0.39, 0.29) is 15.6 Å². The van der Waals surface area contributed by atoms with Crippen molar-refractivity contribution in [2.45, 2.75) is 25.4 Å². The number of rotatable bonds is 2. The second-order valence-electron chi connectivity index (χ2n) is 6.15. The molecule has 1 saturated heterocycles. The largest absolute Gasteiger partial charge is 0.456 e. The van der Waals surface area contributed by atoms with Crippen LogP contribution >= 0.6 is 27.7 Å². The van der Waals surface area contributed by atoms with Gasteiger partial charge in [0.1, 0.15) is 11.5 Å². The molecular weight excluding hydrogens is 459 g/mol. The third-order valence-electron chi connectivity index (χ3n) is 4.13. The smallest absolute Gasteiger partial charge is 0.416 e. The van der Waals surface area contributed by atoms with E-state index >= 15 is 0 Å². The predicted molar refractivity (Wildman–Crippen MR) is 104 cm³/mol. The quantitative estimate of drug-likeness (QED) is 0.605. The van der Waals surface area contributed by atoms with E-state index in [1.807, 2.05) is 18.2 Å². The van der Waals surface area contributed by atoms with Crippen LogP contribution in [0.1, 0.15) is 23.1 Å². The molecule has 2 aromatic carbocycles. The Kier molecular flexibility index (Phi) is 6.34. The molecule has 2 aromatic rings. The van der Waals surface area contributed by atoms with Gasteiger partial charge in [-0.15, -0.1) is 0 Å². The van der Waals surface area contributed by atoms with Gasteiger partial charge in [0, 0.05) is 0 Å². The number of hydrogen-bond donors (Lipinski definition) is 1. The van der Waals surface area contributed by atoms with Gasteiger partial charge in [-0.2, -0.15) is 13.2 Å². The van der Waals surface area contributed by atoms with E-state index in [0.717, 1.165) is 43.2 Å². The Hall–Kier alpha value is -2.00. The van der Waals surface area contributed by atoms with Crippen LogP contribution in [0.15, 0.2) is 40.9 Å². The molecule has 0 bridgehead atoms. The molecule has 1 fully saturated rings. The molecule has 4 nitrogen and oxygen atoms in total. The Bertz CT molecular complexity index is 904. The zero-order valence-electron chi connectivity index (χ0n) is 14.4. The molecule has 28 heavy (non-hydrogen) atoms. The summed E-state index contributed by atoms with van der Waals surface area (Å²) < 4.78 is 43.8. The Morgan fingerprint density at radius 1 is 1.04 bits per heavy atom. The molecule has 0 unspecified atom stereocenters. The van der Waals surface area contributed by atoms with Crippen LogP contribution in [0.25, 0.3) is 0 Å². The Balaban J connectivity index is 0.000000271. The number of ether oxygens (including phenoxy) is 1. The van der Waals surface area contributed by atoms with Crippen LogP contribution < -0.4 is 10.1 Å². The molecule has 1 aliphatic carbocycles. The van der Waals surface area contributed by atoms with Gasteiger partial charge in [0.15, 0.2) is 0 Å². The fraction of sp³-hybridized carbons (Fsp3) is 0.263. The van der Waals surface area contributed by atoms with Crippen molar-refractivity contribution in [1.82, 2.24) is 5.32 Å². The Morgan fingerprint density at radius 3 is 2.36 bits per heavy atom. The van der Waals surface area contributed by atoms with Crippen molar-refractivity contribution in [2.75, 3.05) is 5.75 Å². The number of carbonyl (C=O) groups excluding carboxylic acids is 2. The van der Waals surface area contributed by atoms with Crippen molar-refractivity contribution in [3.8, 4) is 11.5 Å². The highest BCUT2D eigenvalue weighted by Gasteiger charge is 2.31. The van der Waals surface area contributed by atoms with Crippen LogP contribution in [-0.2, 0) is 23.8 Å². The van der Waals surface area contributed by atoms with E-state index in [2.05, 4.69) is 21.2 Å². The molecule has 148 valence electrons. The van der Waals surface area contributed by atoms with E-state index in [9.17, 15) is 22.8 Å². The van der Waals surface area contributed by atoms with Crippen molar-refractivity contribution in [3.63, 3.8) is 0 Å². The molecular formula is C19H15BrF3NO3S. The van der Waals surface area contributed by atoms with Gasteiger partial charge in [-0.1, -0.05) is 17.8 Å². The van der Waals surface area contributed by atoms with Crippen LogP contribution in [0.3, 0.4) is 0 Å². The minimum Gasteiger partial charge on any atom is -0.456 e. The number of amides is 2. The standard InChI is InChI=1S/C16H12BrF3O.C3H3NO2S/c17-14-9-12(16(18,19)20)5-7-15(14)21-13-6-4-10-2-1-3-11(10)8-13;5-2-1-7-3(6)4-2/h4-9H,1-3H2;1H2,(H,4,5,6). The van der Waals surface area contributed by atoms with Crippen molar-refractivity contribution in [2.24, 2.45) is 0 Å². The molecule has 2 amide bonds. The van der Waals surface area contributed by atoms with Crippen LogP contribution in [0.5, 0.6) is 11.5 Å². The maximum atomic E-state index is 12.6. The fourth-order valence-electron chi connectivity index (χ4n) is 2.82. The summed E-state index contributed by atoms with van der Waals surface area (Å²) in [5.74, 6) is 1.13. The maximum absolute atomic E-state index is 12.6. The van der Waals surface area contributed by atoms with Crippen molar-refractivity contribution in [3.05, 3.63) is 57.6 Å². The normalized spacial score (nSPS) is 15.6. The molecule has 0 aromatic heterocycles. The van der Waals surface area contributed by atoms with Crippen molar-refractivity contribution >= 4 is 38.8 Å². The van der Waals surface area contributed by atoms with Crippen LogP contribution in [-0.4, -0.2) is 16.9 Å². The predicted octanol–water partition coefficient (Wildman–Crippen LogP) is 5.72. The number of carbonyl (C=O) groups is 2. The van der Waals surface area contributed by atoms with E-state index < -0.39 is 11.7 Å². The highest BCUT2D eigenvalue weighted by Crippen LogP contribution is 2.37. The SMILES string of the molecule is FC(F)(F)c1ccc(Oc2ccc3c(c2)CCC3)c(Br)c1.O=C1CSC(=O)N1. The summed E-state index contributed by atoms with van der Waals surface area (Å²) in [5.41, 5.74) is 1.89. The first-order valence-corrected chi connectivity index (χ1v) is 10.1. The molecule has 9 heteroatoms. The second-order valence-corrected chi connectivity index (χ2v) is 7.96. The number of alkyl halides is 3. The Morgan fingerprint density at radius 2 is 1.79 bits per heavy atom. The second kappa shape index (κ2) is 8.57. The monoisotopic (exact) mass is 473 g/mol. The molecule has 0 atom stereocenters. The van der Waals surface area contributed by atoms with Gasteiger partial charge in [0.2, 0.25) is 5.91 Å². The molecule has 2 aliphatic rings. The van der Waals surface area contributed by atoms with Gasteiger partial charge in [-0.05, 0) is 76.7 Å². The lowest BCUT2D eigenvalue weighted by Gasteiger charge is -2.12. The van der Waals surface area contributed by atoms with Crippen LogP contribution in [0.4, 0.5) is 18.0 Å². The van der Waals surface area contributed by atoms with Crippen LogP contribution in [0, 0.1) is 0 Å². The number of thioether (sulfide) groups is 1. The first kappa shape index (κ1) is 20.7. The zero-order valence-corrected chi connectivity index (χ0v) is 16.8. The summed E-state index contributed by atoms with van der Waals surface area (Å²) in [4.78, 5) is 20.2. The highest BCUT2D eigenvalue weighted by atomic mass is 79.9. The van der Waals surface area contributed by atoms with Crippen molar-refractivity contribution in [1.29, 1.82) is 0 Å². The summed E-state index contributed by atoms with van der Waals surface area (Å²) in [6.45, 7) is 0. The summed E-state index contributed by atoms with van der Waals surface area (Å²) in [7, 11) is 0. The summed E-state index contributed by atoms with van der Waals surface area (Å²) >= 11 is 4.14. The minimum atomic E-state index is -4.35. The van der Waals surface area contributed by atoms with E-state index in [0.29, 0.717) is 17.3 Å². The van der Waals surface area contributed by atoms with E-state index in [4.69, 9.17) is 4.74 Å². The topological polar surface area (TPSA) is 55.4 Å². The summed E-state index contributed by atoms with van der Waals surface area (Å²) in [6.07, 6.45) is -1.10. The molecule has 1 N–H and O–H groups in total. The summed E-state index contributed by atoms with van der Waals surface area (Å²) in [6, 6.07) is 9.23. The van der Waals surface area contributed by atoms with E-state index in [1.165, 1.54) is 17.2 Å². The average Bonchev–Trinajstić information content (AvgIpc) is 3.24. The lowest BCUT2D eigenvalue weighted by molar-refractivity contribution is -0.137. The van der Waals surface area contributed by atoms with E-state index in [1.54, 1.807) is 0 Å². The van der Waals surface area contributed by atoms with Gasteiger partial charge in [0.05, 0.1) is 15.8 Å². The van der Waals surface area contributed by atoms with Gasteiger partial charge in [0.25, 0.3) is 5.24 Å². The molecule has 0 spiro atoms. The molecule has 0 saturated carbocycles. The lowest BCUT2D eigenvalue weighted by Crippen LogP contribution is -2.18. The lowest BCUT2D eigenvalue weighted by atomic mass is 10.1. The van der Waals surface area contributed by atoms with Crippen LogP contribution in [0.2, 0.25) is 0 Å². The molecule has 1 heterocycles. The summed E-state index contributed by atoms with van der Waals surface area (Å²) in [5, 5.41) is 1.87. The number of fused-ring (bicyclic) bond motifs is 1. The van der Waals surface area contributed by atoms with Gasteiger partial charge in [-0.3, -0.25) is 14.9 Å². The fourth-order valence-corrected chi connectivity index (χ4v) is 3.80. The first-order chi connectivity index (χ1) is 13.2. The number of benzene rings is 2. The molecule has 4 rings (SSSR count). The average molecular weight is 474 g/mol. The minimum absolute atomic E-state index is 0.185. The number of halogens is 4. The van der Waals surface area contributed by atoms with Crippen molar-refractivity contribution < 1.29 is 27.5 Å². The maximum Gasteiger partial charge on any atom is 0.416 e. The number of nitrogens with one attached hydrogen (secondary N) is 1. The number of imide groups is 1. The Labute approximate surface area is 172 Å². The van der Waals surface area contributed by atoms with Gasteiger partial charge >= 0.3 is 6.18 Å².